The maximum Gasteiger partial charge on any atom is 0.165 e. The molecule has 3 nitrogen and oxygen atoms in total. The molecule has 1 saturated heterocycles. The first-order valence-corrected chi connectivity index (χ1v) is 8.18. The molecule has 3 heteroatoms. The lowest BCUT2D eigenvalue weighted by Crippen LogP contribution is -2.39. The van der Waals surface area contributed by atoms with E-state index in [1.54, 1.807) is 0 Å². The maximum atomic E-state index is 12.3. The van der Waals surface area contributed by atoms with E-state index in [0.717, 1.165) is 12.0 Å². The molecule has 0 bridgehead atoms. The van der Waals surface area contributed by atoms with Crippen molar-refractivity contribution < 1.29 is 14.3 Å². The van der Waals surface area contributed by atoms with Crippen LogP contribution in [0.4, 0.5) is 0 Å². The highest BCUT2D eigenvalue weighted by Gasteiger charge is 2.31. The average molecular weight is 288 g/mol. The topological polar surface area (TPSA) is 35.5 Å². The molecule has 0 unspecified atom stereocenters. The fourth-order valence-electron chi connectivity index (χ4n) is 3.37. The van der Waals surface area contributed by atoms with E-state index in [1.807, 2.05) is 30.3 Å². The molecule has 2 aliphatic rings. The van der Waals surface area contributed by atoms with Crippen LogP contribution in [0.2, 0.25) is 0 Å². The minimum absolute atomic E-state index is 0.0124. The van der Waals surface area contributed by atoms with Crippen molar-refractivity contribution in [3.63, 3.8) is 0 Å². The third-order valence-electron chi connectivity index (χ3n) is 4.59. The first kappa shape index (κ1) is 14.7. The van der Waals surface area contributed by atoms with E-state index in [-0.39, 0.29) is 18.2 Å². The van der Waals surface area contributed by atoms with E-state index in [9.17, 15) is 4.79 Å². The Morgan fingerprint density at radius 3 is 2.57 bits per heavy atom. The SMILES string of the molecule is O=C(C[C@H]1CCO[C@@H](C2CCCCC2)O1)c1ccccc1. The van der Waals surface area contributed by atoms with E-state index in [4.69, 9.17) is 9.47 Å². The minimum Gasteiger partial charge on any atom is -0.352 e. The lowest BCUT2D eigenvalue weighted by Gasteiger charge is -2.36. The van der Waals surface area contributed by atoms with Gasteiger partial charge in [-0.3, -0.25) is 4.79 Å². The number of benzene rings is 1. The third-order valence-corrected chi connectivity index (χ3v) is 4.59. The Kier molecular flexibility index (Phi) is 5.04. The molecule has 1 aliphatic carbocycles. The molecule has 2 atom stereocenters. The molecule has 0 amide bonds. The van der Waals surface area contributed by atoms with Crippen LogP contribution < -0.4 is 0 Å². The molecule has 0 N–H and O–H groups in total. The van der Waals surface area contributed by atoms with Crippen molar-refractivity contribution in [2.45, 2.75) is 57.3 Å². The molecule has 21 heavy (non-hydrogen) atoms. The number of carbonyl (C=O) groups excluding carboxylic acids is 1. The molecule has 2 fully saturated rings. The standard InChI is InChI=1S/C18H24O3/c19-17(14-7-3-1-4-8-14)13-16-11-12-20-18(21-16)15-9-5-2-6-10-15/h1,3-4,7-8,15-16,18H,2,5-6,9-13H2/t16-,18-/m1/s1. The van der Waals surface area contributed by atoms with Gasteiger partial charge in [0.1, 0.15) is 0 Å². The van der Waals surface area contributed by atoms with Crippen LogP contribution in [0.1, 0.15) is 55.3 Å². The van der Waals surface area contributed by atoms with Crippen molar-refractivity contribution in [2.75, 3.05) is 6.61 Å². The number of rotatable bonds is 4. The van der Waals surface area contributed by atoms with Gasteiger partial charge in [0.05, 0.1) is 12.7 Å². The summed E-state index contributed by atoms with van der Waals surface area (Å²) in [6.07, 6.45) is 7.50. The van der Waals surface area contributed by atoms with Gasteiger partial charge in [0.2, 0.25) is 0 Å². The zero-order chi connectivity index (χ0) is 14.5. The van der Waals surface area contributed by atoms with Gasteiger partial charge in [0.15, 0.2) is 12.1 Å². The lowest BCUT2D eigenvalue weighted by atomic mass is 9.88. The predicted octanol–water partition coefficient (Wildman–Crippen LogP) is 3.97. The van der Waals surface area contributed by atoms with Gasteiger partial charge in [-0.25, -0.2) is 0 Å². The molecular formula is C18H24O3. The molecule has 114 valence electrons. The van der Waals surface area contributed by atoms with Crippen LogP contribution in [0.15, 0.2) is 30.3 Å². The van der Waals surface area contributed by atoms with Crippen LogP contribution in [0.25, 0.3) is 0 Å². The zero-order valence-corrected chi connectivity index (χ0v) is 12.5. The highest BCUT2D eigenvalue weighted by Crippen LogP contribution is 2.32. The molecule has 1 saturated carbocycles. The van der Waals surface area contributed by atoms with Gasteiger partial charge in [-0.15, -0.1) is 0 Å². The van der Waals surface area contributed by atoms with E-state index >= 15 is 0 Å². The number of hydrogen-bond acceptors (Lipinski definition) is 3. The van der Waals surface area contributed by atoms with Crippen molar-refractivity contribution >= 4 is 5.78 Å². The normalized spacial score (nSPS) is 27.4. The van der Waals surface area contributed by atoms with Crippen LogP contribution in [0.3, 0.4) is 0 Å². The number of hydrogen-bond donors (Lipinski definition) is 0. The van der Waals surface area contributed by atoms with Gasteiger partial charge >= 0.3 is 0 Å². The van der Waals surface area contributed by atoms with Gasteiger partial charge in [-0.2, -0.15) is 0 Å². The predicted molar refractivity (Wildman–Crippen MR) is 81.2 cm³/mol. The second-order valence-electron chi connectivity index (χ2n) is 6.18. The van der Waals surface area contributed by atoms with Gasteiger partial charge < -0.3 is 9.47 Å². The molecule has 1 aromatic rings. The average Bonchev–Trinajstić information content (AvgIpc) is 2.57. The summed E-state index contributed by atoms with van der Waals surface area (Å²) in [4.78, 5) is 12.3. The fourth-order valence-corrected chi connectivity index (χ4v) is 3.37. The van der Waals surface area contributed by atoms with Crippen molar-refractivity contribution in [3.05, 3.63) is 35.9 Å². The van der Waals surface area contributed by atoms with Crippen molar-refractivity contribution in [3.8, 4) is 0 Å². The summed E-state index contributed by atoms with van der Waals surface area (Å²) in [5.41, 5.74) is 0.779. The first-order valence-electron chi connectivity index (χ1n) is 8.18. The molecular weight excluding hydrogens is 264 g/mol. The summed E-state index contributed by atoms with van der Waals surface area (Å²) in [5.74, 6) is 0.693. The number of carbonyl (C=O) groups is 1. The van der Waals surface area contributed by atoms with Crippen LogP contribution in [0.5, 0.6) is 0 Å². The molecule has 0 aromatic heterocycles. The van der Waals surface area contributed by atoms with Crippen LogP contribution in [-0.2, 0) is 9.47 Å². The van der Waals surface area contributed by atoms with E-state index in [2.05, 4.69) is 0 Å². The smallest absolute Gasteiger partial charge is 0.165 e. The molecule has 1 aromatic carbocycles. The van der Waals surface area contributed by atoms with E-state index in [0.29, 0.717) is 18.9 Å². The second-order valence-corrected chi connectivity index (χ2v) is 6.18. The minimum atomic E-state index is -0.0902. The second kappa shape index (κ2) is 7.19. The summed E-state index contributed by atoms with van der Waals surface area (Å²) in [5, 5.41) is 0. The summed E-state index contributed by atoms with van der Waals surface area (Å²) in [7, 11) is 0. The highest BCUT2D eigenvalue weighted by molar-refractivity contribution is 5.96. The van der Waals surface area contributed by atoms with Crippen LogP contribution in [-0.4, -0.2) is 24.8 Å². The Morgan fingerprint density at radius 1 is 1.05 bits per heavy atom. The zero-order valence-electron chi connectivity index (χ0n) is 12.5. The van der Waals surface area contributed by atoms with Gasteiger partial charge in [0.25, 0.3) is 0 Å². The van der Waals surface area contributed by atoms with Crippen LogP contribution in [0, 0.1) is 5.92 Å². The summed E-state index contributed by atoms with van der Waals surface area (Å²) in [6, 6.07) is 9.49. The Balaban J connectivity index is 1.55. The number of Topliss-reactive ketones (excluding diaryl/α,β-unsaturated/α-hetero) is 1. The molecule has 0 radical (unpaired) electrons. The van der Waals surface area contributed by atoms with Gasteiger partial charge in [-0.05, 0) is 19.3 Å². The van der Waals surface area contributed by atoms with Gasteiger partial charge in [0, 0.05) is 17.9 Å². The van der Waals surface area contributed by atoms with Crippen molar-refractivity contribution in [2.24, 2.45) is 5.92 Å². The fraction of sp³-hybridized carbons (Fsp3) is 0.611. The summed E-state index contributed by atoms with van der Waals surface area (Å²) in [6.45, 7) is 0.716. The highest BCUT2D eigenvalue weighted by atomic mass is 16.7. The first-order chi connectivity index (χ1) is 10.3. The largest absolute Gasteiger partial charge is 0.352 e. The maximum absolute atomic E-state index is 12.3. The van der Waals surface area contributed by atoms with Crippen LogP contribution >= 0.6 is 0 Å². The van der Waals surface area contributed by atoms with Gasteiger partial charge in [-0.1, -0.05) is 49.6 Å². The molecule has 0 spiro atoms. The summed E-state index contributed by atoms with van der Waals surface area (Å²) < 4.78 is 11.9. The Labute approximate surface area is 126 Å². The monoisotopic (exact) mass is 288 g/mol. The molecule has 1 heterocycles. The van der Waals surface area contributed by atoms with Crippen molar-refractivity contribution in [1.29, 1.82) is 0 Å². The molecule has 1 aliphatic heterocycles. The lowest BCUT2D eigenvalue weighted by molar-refractivity contribution is -0.237. The third kappa shape index (κ3) is 3.92. The quantitative estimate of drug-likeness (QED) is 0.786. The van der Waals surface area contributed by atoms with E-state index in [1.165, 1.54) is 32.1 Å². The number of ether oxygens (including phenoxy) is 2. The Bertz CT molecular complexity index is 451. The van der Waals surface area contributed by atoms with Crippen molar-refractivity contribution in [1.82, 2.24) is 0 Å². The molecule has 3 rings (SSSR count). The Morgan fingerprint density at radius 2 is 1.81 bits per heavy atom. The Hall–Kier alpha value is -1.19. The van der Waals surface area contributed by atoms with E-state index < -0.39 is 0 Å². The summed E-state index contributed by atoms with van der Waals surface area (Å²) >= 11 is 0. The number of ketones is 1.